The van der Waals surface area contributed by atoms with Crippen molar-refractivity contribution in [3.05, 3.63) is 29.8 Å². The van der Waals surface area contributed by atoms with Crippen molar-refractivity contribution in [2.24, 2.45) is 5.92 Å². The lowest BCUT2D eigenvalue weighted by atomic mass is 9.68. The molecule has 0 aromatic heterocycles. The average molecular weight is 202 g/mol. The van der Waals surface area contributed by atoms with Gasteiger partial charge in [0.1, 0.15) is 0 Å². The van der Waals surface area contributed by atoms with E-state index in [2.05, 4.69) is 41.8 Å². The van der Waals surface area contributed by atoms with Gasteiger partial charge < -0.3 is 10.6 Å². The lowest BCUT2D eigenvalue weighted by Gasteiger charge is -2.40. The highest BCUT2D eigenvalue weighted by Crippen LogP contribution is 2.45. The molecule has 80 valence electrons. The van der Waals surface area contributed by atoms with E-state index >= 15 is 0 Å². The molecule has 2 aliphatic heterocycles. The summed E-state index contributed by atoms with van der Waals surface area (Å²) in [7, 11) is 0. The first kappa shape index (κ1) is 9.22. The van der Waals surface area contributed by atoms with Gasteiger partial charge in [0.15, 0.2) is 0 Å². The van der Waals surface area contributed by atoms with Crippen molar-refractivity contribution in [3.8, 4) is 0 Å². The Morgan fingerprint density at radius 1 is 1.33 bits per heavy atom. The number of benzene rings is 1. The Kier molecular flexibility index (Phi) is 1.99. The predicted octanol–water partition coefficient (Wildman–Crippen LogP) is 1.98. The van der Waals surface area contributed by atoms with Crippen LogP contribution in [0.15, 0.2) is 24.3 Å². The van der Waals surface area contributed by atoms with Crippen LogP contribution in [0.25, 0.3) is 0 Å². The summed E-state index contributed by atoms with van der Waals surface area (Å²) in [5.74, 6) is 0.724. The molecular weight excluding hydrogens is 184 g/mol. The van der Waals surface area contributed by atoms with Crippen LogP contribution >= 0.6 is 0 Å². The van der Waals surface area contributed by atoms with E-state index in [0.717, 1.165) is 25.6 Å². The van der Waals surface area contributed by atoms with Gasteiger partial charge in [-0.2, -0.15) is 0 Å². The minimum atomic E-state index is 0.391. The first-order valence-electron chi connectivity index (χ1n) is 5.87. The molecule has 0 amide bonds. The number of anilines is 1. The summed E-state index contributed by atoms with van der Waals surface area (Å²) >= 11 is 0. The van der Waals surface area contributed by atoms with Gasteiger partial charge in [0.2, 0.25) is 0 Å². The number of fused-ring (bicyclic) bond motifs is 2. The van der Waals surface area contributed by atoms with Crippen LogP contribution in [0, 0.1) is 5.92 Å². The summed E-state index contributed by atoms with van der Waals surface area (Å²) in [5, 5.41) is 7.05. The summed E-state index contributed by atoms with van der Waals surface area (Å²) in [6, 6.07) is 8.80. The van der Waals surface area contributed by atoms with E-state index in [9.17, 15) is 0 Å². The fraction of sp³-hybridized carbons (Fsp3) is 0.538. The third kappa shape index (κ3) is 1.21. The van der Waals surface area contributed by atoms with Crippen LogP contribution < -0.4 is 10.6 Å². The van der Waals surface area contributed by atoms with Gasteiger partial charge in [-0.15, -0.1) is 0 Å². The largest absolute Gasteiger partial charge is 0.384 e. The predicted molar refractivity (Wildman–Crippen MR) is 63.3 cm³/mol. The molecular formula is C13H18N2. The first-order chi connectivity index (χ1) is 7.33. The van der Waals surface area contributed by atoms with Crippen molar-refractivity contribution in [1.82, 2.24) is 5.32 Å². The minimum absolute atomic E-state index is 0.391. The van der Waals surface area contributed by atoms with Crippen LogP contribution in [0.4, 0.5) is 5.69 Å². The van der Waals surface area contributed by atoms with Crippen LogP contribution in [0.1, 0.15) is 18.9 Å². The molecule has 0 aliphatic carbocycles. The maximum Gasteiger partial charge on any atom is 0.0379 e. The molecule has 0 saturated carbocycles. The summed E-state index contributed by atoms with van der Waals surface area (Å²) in [6.45, 7) is 5.79. The van der Waals surface area contributed by atoms with Crippen molar-refractivity contribution in [2.75, 3.05) is 25.0 Å². The van der Waals surface area contributed by atoms with Crippen molar-refractivity contribution >= 4 is 5.69 Å². The zero-order valence-electron chi connectivity index (χ0n) is 9.22. The average Bonchev–Trinajstić information content (AvgIpc) is 2.64. The fourth-order valence-electron chi connectivity index (χ4n) is 3.15. The fourth-order valence-corrected chi connectivity index (χ4v) is 3.15. The summed E-state index contributed by atoms with van der Waals surface area (Å²) < 4.78 is 0. The third-order valence-corrected chi connectivity index (χ3v) is 4.20. The highest BCUT2D eigenvalue weighted by molar-refractivity contribution is 5.60. The van der Waals surface area contributed by atoms with E-state index in [4.69, 9.17) is 0 Å². The molecule has 2 unspecified atom stereocenters. The van der Waals surface area contributed by atoms with Crippen molar-refractivity contribution in [2.45, 2.75) is 18.8 Å². The Labute approximate surface area is 91.1 Å². The number of hydrogen-bond acceptors (Lipinski definition) is 2. The number of piperidine rings is 1. The highest BCUT2D eigenvalue weighted by atomic mass is 15.0. The highest BCUT2D eigenvalue weighted by Gasteiger charge is 2.44. The van der Waals surface area contributed by atoms with Crippen molar-refractivity contribution in [3.63, 3.8) is 0 Å². The lowest BCUT2D eigenvalue weighted by molar-refractivity contribution is 0.238. The Morgan fingerprint density at radius 2 is 2.20 bits per heavy atom. The molecule has 2 nitrogen and oxygen atoms in total. The van der Waals surface area contributed by atoms with Crippen LogP contribution in [-0.4, -0.2) is 19.6 Å². The topological polar surface area (TPSA) is 24.1 Å². The maximum absolute atomic E-state index is 3.56. The van der Waals surface area contributed by atoms with Gasteiger partial charge >= 0.3 is 0 Å². The van der Waals surface area contributed by atoms with Crippen LogP contribution in [0.3, 0.4) is 0 Å². The van der Waals surface area contributed by atoms with Gasteiger partial charge in [0.05, 0.1) is 0 Å². The van der Waals surface area contributed by atoms with Gasteiger partial charge in [0, 0.05) is 17.6 Å². The van der Waals surface area contributed by atoms with Gasteiger partial charge in [-0.3, -0.25) is 0 Å². The number of rotatable bonds is 0. The molecule has 1 spiro atoms. The summed E-state index contributed by atoms with van der Waals surface area (Å²) in [5.41, 5.74) is 3.28. The minimum Gasteiger partial charge on any atom is -0.384 e. The standard InChI is InChI=1S/C13H18N2/c1-10-8-14-7-6-13(10)9-15-12-5-3-2-4-11(12)13/h2-5,10,14-15H,6-9H2,1H3. The van der Waals surface area contributed by atoms with Crippen molar-refractivity contribution in [1.29, 1.82) is 0 Å². The molecule has 1 aromatic rings. The second-order valence-corrected chi connectivity index (χ2v) is 4.91. The molecule has 3 rings (SSSR count). The molecule has 1 saturated heterocycles. The molecule has 2 aliphatic rings. The summed E-state index contributed by atoms with van der Waals surface area (Å²) in [4.78, 5) is 0. The van der Waals surface area contributed by atoms with Gasteiger partial charge in [-0.05, 0) is 37.1 Å². The second kappa shape index (κ2) is 3.24. The van der Waals surface area contributed by atoms with E-state index < -0.39 is 0 Å². The first-order valence-corrected chi connectivity index (χ1v) is 5.87. The van der Waals surface area contributed by atoms with E-state index in [1.807, 2.05) is 0 Å². The number of hydrogen-bond donors (Lipinski definition) is 2. The molecule has 2 atom stereocenters. The molecule has 2 N–H and O–H groups in total. The van der Waals surface area contributed by atoms with E-state index in [1.165, 1.54) is 12.1 Å². The molecule has 1 aromatic carbocycles. The van der Waals surface area contributed by atoms with Gasteiger partial charge in [-0.25, -0.2) is 0 Å². The normalized spacial score (nSPS) is 33.8. The molecule has 2 heteroatoms. The van der Waals surface area contributed by atoms with Gasteiger partial charge in [0.25, 0.3) is 0 Å². The molecule has 0 bridgehead atoms. The molecule has 15 heavy (non-hydrogen) atoms. The van der Waals surface area contributed by atoms with Crippen LogP contribution in [-0.2, 0) is 5.41 Å². The molecule has 1 fully saturated rings. The second-order valence-electron chi connectivity index (χ2n) is 4.91. The monoisotopic (exact) mass is 202 g/mol. The number of para-hydroxylation sites is 1. The third-order valence-electron chi connectivity index (χ3n) is 4.20. The number of nitrogens with one attached hydrogen (secondary N) is 2. The summed E-state index contributed by atoms with van der Waals surface area (Å²) in [6.07, 6.45) is 1.26. The smallest absolute Gasteiger partial charge is 0.0379 e. The van der Waals surface area contributed by atoms with E-state index in [0.29, 0.717) is 5.41 Å². The van der Waals surface area contributed by atoms with Gasteiger partial charge in [-0.1, -0.05) is 25.1 Å². The van der Waals surface area contributed by atoms with E-state index in [1.54, 1.807) is 5.56 Å². The van der Waals surface area contributed by atoms with Crippen LogP contribution in [0.5, 0.6) is 0 Å². The lowest BCUT2D eigenvalue weighted by Crippen LogP contribution is -2.48. The Balaban J connectivity index is 2.07. The zero-order chi connectivity index (χ0) is 10.3. The SMILES string of the molecule is CC1CNCCC12CNc1ccccc12. The van der Waals surface area contributed by atoms with Crippen LogP contribution in [0.2, 0.25) is 0 Å². The quantitative estimate of drug-likeness (QED) is 0.672. The molecule has 2 heterocycles. The Hall–Kier alpha value is -1.02. The Morgan fingerprint density at radius 3 is 3.07 bits per heavy atom. The van der Waals surface area contributed by atoms with Crippen molar-refractivity contribution < 1.29 is 0 Å². The van der Waals surface area contributed by atoms with E-state index in [-0.39, 0.29) is 0 Å². The molecule has 0 radical (unpaired) electrons. The zero-order valence-corrected chi connectivity index (χ0v) is 9.22. The maximum atomic E-state index is 3.56. The Bertz CT molecular complexity index is 371.